The largest absolute Gasteiger partial charge is 0.480 e. The highest BCUT2D eigenvalue weighted by atomic mass is 32.2. The molecule has 1 heterocycles. The molecule has 124 heavy (non-hydrogen) atoms. The lowest BCUT2D eigenvalue weighted by Crippen LogP contribution is -2.44. The van der Waals surface area contributed by atoms with Crippen molar-refractivity contribution in [1.29, 1.82) is 0 Å². The third kappa shape index (κ3) is 79.5. The van der Waals surface area contributed by atoms with Gasteiger partial charge in [0.1, 0.15) is 74.9 Å². The number of nitrogens with zero attached hydrogens (tertiary/aromatic N) is 1. The van der Waals surface area contributed by atoms with E-state index >= 15 is 0 Å². The number of amidine groups is 1. The van der Waals surface area contributed by atoms with Gasteiger partial charge in [-0.25, -0.2) is 23.5 Å². The number of carbonyl (C=O) groups excluding carboxylic acids is 11. The monoisotopic (exact) mass is 1800 g/mol. The first-order valence-electron chi connectivity index (χ1n) is 44.7. The van der Waals surface area contributed by atoms with Crippen LogP contribution in [0.25, 0.3) is 0 Å². The van der Waals surface area contributed by atoms with Gasteiger partial charge in [-0.1, -0.05) is 116 Å². The number of unbranched alkanes of at least 4 members (excludes halogenated alkanes) is 20. The summed E-state index contributed by atoms with van der Waals surface area (Å²) in [6.45, 7) is 6.26. The van der Waals surface area contributed by atoms with Crippen LogP contribution in [-0.2, 0) is 129 Å². The molecule has 0 fully saturated rings. The Bertz CT molecular complexity index is 3030. The van der Waals surface area contributed by atoms with Gasteiger partial charge in [0.2, 0.25) is 35.4 Å². The molecule has 0 aromatic carbocycles. The molecule has 40 heteroatoms. The van der Waals surface area contributed by atoms with E-state index in [9.17, 15) is 81.0 Å². The molecule has 11 N–H and O–H groups in total. The van der Waals surface area contributed by atoms with Gasteiger partial charge in [-0.2, -0.15) is 0 Å². The Labute approximate surface area is 732 Å². The average molecular weight is 1800 g/mol. The molecular formula is C84H150N10O29S. The number of Topliss-reactive ketones (excluding diaryl/α,β-unsaturated/α-hetero) is 5. The molecule has 1 aliphatic heterocycles. The molecule has 0 spiro atoms. The molecule has 0 bridgehead atoms. The van der Waals surface area contributed by atoms with Crippen LogP contribution in [0.5, 0.6) is 0 Å². The van der Waals surface area contributed by atoms with Crippen LogP contribution in [0.15, 0.2) is 5.10 Å². The van der Waals surface area contributed by atoms with Crippen molar-refractivity contribution in [3.63, 3.8) is 0 Å². The number of sulfone groups is 1. The number of ether oxygens (including phenoxy) is 12. The van der Waals surface area contributed by atoms with Crippen molar-refractivity contribution in [3.8, 4) is 0 Å². The van der Waals surface area contributed by atoms with Crippen LogP contribution in [0.2, 0.25) is 0 Å². The molecule has 716 valence electrons. The summed E-state index contributed by atoms with van der Waals surface area (Å²) in [6.07, 6.45) is 25.5. The van der Waals surface area contributed by atoms with E-state index in [0.717, 1.165) is 89.3 Å². The summed E-state index contributed by atoms with van der Waals surface area (Å²) < 4.78 is 89.3. The van der Waals surface area contributed by atoms with Gasteiger partial charge in [0, 0.05) is 104 Å². The molecule has 2 atom stereocenters. The first-order chi connectivity index (χ1) is 60.0. The van der Waals surface area contributed by atoms with Gasteiger partial charge in [0.25, 0.3) is 0 Å². The number of nitrogens with one attached hydrogen (secondary N) is 9. The predicted molar refractivity (Wildman–Crippen MR) is 458 cm³/mol. The first-order valence-corrected chi connectivity index (χ1v) is 46.5. The van der Waals surface area contributed by atoms with Crippen molar-refractivity contribution in [1.82, 2.24) is 48.4 Å². The van der Waals surface area contributed by atoms with Crippen LogP contribution < -0.4 is 48.4 Å². The molecule has 1 rings (SSSR count). The van der Waals surface area contributed by atoms with E-state index in [1.165, 1.54) is 58.3 Å². The number of hydrazine groups is 2. The summed E-state index contributed by atoms with van der Waals surface area (Å²) in [7, 11) is -3.56. The van der Waals surface area contributed by atoms with E-state index in [1.54, 1.807) is 0 Å². The zero-order valence-corrected chi connectivity index (χ0v) is 74.6. The van der Waals surface area contributed by atoms with Crippen LogP contribution in [0.4, 0.5) is 0 Å². The second-order valence-electron chi connectivity index (χ2n) is 30.2. The summed E-state index contributed by atoms with van der Waals surface area (Å²) in [5.41, 5.74) is 8.40. The van der Waals surface area contributed by atoms with Gasteiger partial charge in [-0.05, 0) is 71.1 Å². The lowest BCUT2D eigenvalue weighted by atomic mass is 10.0. The maximum absolute atomic E-state index is 12.7. The van der Waals surface area contributed by atoms with Crippen molar-refractivity contribution in [2.45, 2.75) is 257 Å². The van der Waals surface area contributed by atoms with E-state index in [0.29, 0.717) is 84.5 Å². The maximum atomic E-state index is 12.7. The van der Waals surface area contributed by atoms with Crippen molar-refractivity contribution in [2.75, 3.05) is 196 Å². The van der Waals surface area contributed by atoms with E-state index in [2.05, 4.69) is 53.5 Å². The number of ketones is 5. The molecule has 39 nitrogen and oxygen atoms in total. The van der Waals surface area contributed by atoms with Gasteiger partial charge in [-0.3, -0.25) is 58.2 Å². The zero-order valence-electron chi connectivity index (χ0n) is 73.8. The minimum Gasteiger partial charge on any atom is -0.480 e. The lowest BCUT2D eigenvalue weighted by Gasteiger charge is -2.17. The van der Waals surface area contributed by atoms with E-state index in [4.69, 9.17) is 56.8 Å². The fourth-order valence-electron chi connectivity index (χ4n) is 12.1. The summed E-state index contributed by atoms with van der Waals surface area (Å²) in [4.78, 5) is 157. The van der Waals surface area contributed by atoms with E-state index < -0.39 is 51.4 Å². The molecule has 0 radical (unpaired) electrons. The van der Waals surface area contributed by atoms with E-state index in [1.807, 2.05) is 0 Å². The Kier molecular flexibility index (Phi) is 76.6. The molecular weight excluding hydrogens is 1650 g/mol. The number of carbonyl (C=O) groups is 13. The number of carboxylic acids is 2. The van der Waals surface area contributed by atoms with Crippen molar-refractivity contribution >= 4 is 92.0 Å². The highest BCUT2D eigenvalue weighted by molar-refractivity contribution is 7.92. The average Bonchev–Trinajstić information content (AvgIpc) is 1.38. The Morgan fingerprint density at radius 1 is 0.315 bits per heavy atom. The van der Waals surface area contributed by atoms with Crippen LogP contribution >= 0.6 is 0 Å². The molecule has 0 aromatic heterocycles. The highest BCUT2D eigenvalue weighted by Gasteiger charge is 2.25. The Morgan fingerprint density at radius 2 is 0.645 bits per heavy atom. The summed E-state index contributed by atoms with van der Waals surface area (Å²) >= 11 is 0. The Hall–Kier alpha value is -7.19. The van der Waals surface area contributed by atoms with Crippen molar-refractivity contribution in [3.05, 3.63) is 0 Å². The minimum absolute atomic E-state index is 0.00811. The molecule has 0 unspecified atom stereocenters. The van der Waals surface area contributed by atoms with Gasteiger partial charge >= 0.3 is 11.9 Å². The molecule has 0 saturated heterocycles. The predicted octanol–water partition coefficient (Wildman–Crippen LogP) is 4.43. The summed E-state index contributed by atoms with van der Waals surface area (Å²) in [5, 5.41) is 39.1. The second kappa shape index (κ2) is 82.8. The Balaban J connectivity index is 1.92. The number of carboxylic acid groups (broad SMARTS) is 2. The SMILES string of the molecule is CC(=O)COCCOCCCC(=O)COCCOCCCC(=O)COCCOCCNC(=O)COCCOCCNC(=O)COCCOCCNC(=O)COCCOCCCC(=O)CC[C@H](NC(=O)CC[C@H](NC(=O)CCCCCCCCCCCNC(=O)CCCS(=O)(=O)CC(=O)CCCCCCCCCCCCCCCC1=NNNN1)C(=O)O)C(=O)O. The summed E-state index contributed by atoms with van der Waals surface area (Å²) in [5.74, 6) is -5.58. The van der Waals surface area contributed by atoms with Crippen LogP contribution in [-0.4, -0.2) is 309 Å². The minimum atomic E-state index is -3.56. The number of hydrogen-bond donors (Lipinski definition) is 11. The smallest absolute Gasteiger partial charge is 0.326 e. The molecule has 1 aliphatic rings. The number of aliphatic carboxylic acids is 2. The standard InChI is InChI=1S/C84H150N10O29S/c1-69(95)62-118-55-49-113-44-25-30-71(97)63-119-56-50-114-45-26-31-72(98)64-120-57-52-115-46-40-86-81(104)66-122-59-54-117-48-42-88-82(105)67-123-60-53-116-47-41-87-80(103)65-121-58-51-112-43-24-29-70(96)35-36-74(83(106)107)90-79(102)38-37-75(84(108)109)89-78(101)33-22-18-14-10-7-11-15-19-23-39-85-77(100)34-27-61-124(110,111)68-73(99)28-20-16-12-8-5-3-2-4-6-9-13-17-21-32-76-91-93-94-92-76/h74-75,93-94H,2-68H2,1H3,(H,85,100)(H,86,104)(H,87,103)(H,88,105)(H,89,101)(H,90,102)(H,91,92)(H,106,107)(H,108,109)/t74-,75-/m0/s1. The number of rotatable bonds is 95. The van der Waals surface area contributed by atoms with Gasteiger partial charge in [-0.15, -0.1) is 10.6 Å². The second-order valence-corrected chi connectivity index (χ2v) is 32.4. The van der Waals surface area contributed by atoms with Gasteiger partial charge in [0.15, 0.2) is 27.2 Å². The fraction of sp³-hybridized carbons (Fsp3) is 0.833. The normalized spacial score (nSPS) is 12.3. The van der Waals surface area contributed by atoms with Crippen molar-refractivity contribution in [2.24, 2.45) is 5.10 Å². The third-order valence-electron chi connectivity index (χ3n) is 18.8. The van der Waals surface area contributed by atoms with Crippen LogP contribution in [0, 0.1) is 0 Å². The molecule has 6 amide bonds. The fourth-order valence-corrected chi connectivity index (χ4v) is 13.4. The third-order valence-corrected chi connectivity index (χ3v) is 20.5. The van der Waals surface area contributed by atoms with Crippen LogP contribution in [0.3, 0.4) is 0 Å². The molecule has 0 aliphatic carbocycles. The van der Waals surface area contributed by atoms with Crippen LogP contribution in [0.1, 0.15) is 244 Å². The van der Waals surface area contributed by atoms with Gasteiger partial charge < -0.3 is 99.0 Å². The first kappa shape index (κ1) is 115. The topological polar surface area (TPSA) is 528 Å². The number of amides is 6. The van der Waals surface area contributed by atoms with Crippen molar-refractivity contribution < 1.29 is 138 Å². The molecule has 0 saturated carbocycles. The quantitative estimate of drug-likeness (QED) is 0.0375. The Morgan fingerprint density at radius 3 is 1.06 bits per heavy atom. The van der Waals surface area contributed by atoms with E-state index in [-0.39, 0.29) is 261 Å². The zero-order chi connectivity index (χ0) is 90.7. The maximum Gasteiger partial charge on any atom is 0.326 e. The lowest BCUT2D eigenvalue weighted by molar-refractivity contribution is -0.143. The highest BCUT2D eigenvalue weighted by Crippen LogP contribution is 2.16. The summed E-state index contributed by atoms with van der Waals surface area (Å²) in [6, 6.07) is -2.76. The molecule has 0 aromatic rings. The number of hydrogen-bond acceptors (Lipinski definition) is 31. The van der Waals surface area contributed by atoms with Gasteiger partial charge in [0.05, 0.1) is 105 Å². The number of hydrazone groups is 1.